The first-order valence-electron chi connectivity index (χ1n) is 13.1. The Balaban J connectivity index is 0.000000675. The van der Waals surface area contributed by atoms with Crippen LogP contribution in [-0.2, 0) is 32.0 Å². The predicted octanol–water partition coefficient (Wildman–Crippen LogP) is 1.90. The zero-order valence-corrected chi connectivity index (χ0v) is 23.9. The van der Waals surface area contributed by atoms with E-state index >= 15 is 0 Å². The number of fused-ring (bicyclic) bond motifs is 1. The second kappa shape index (κ2) is 18.2. The maximum Gasteiger partial charge on any atom is 0.328 e. The zero-order valence-electron chi connectivity index (χ0n) is 23.9. The second-order valence-corrected chi connectivity index (χ2v) is 8.92. The molecule has 1 unspecified atom stereocenters. The van der Waals surface area contributed by atoms with Gasteiger partial charge in [0.25, 0.3) is 0 Å². The summed E-state index contributed by atoms with van der Waals surface area (Å²) in [5, 5.41) is 32.1. The molecule has 0 radical (unpaired) electrons. The molecule has 230 valence electrons. The van der Waals surface area contributed by atoms with E-state index in [1.165, 1.54) is 0 Å². The first-order valence-corrected chi connectivity index (χ1v) is 13.1. The summed E-state index contributed by atoms with van der Waals surface area (Å²) in [7, 11) is 4.83. The number of hydrogen-bond acceptors (Lipinski definition) is 10. The van der Waals surface area contributed by atoms with Gasteiger partial charge >= 0.3 is 11.9 Å². The molecule has 3 rings (SSSR count). The number of rotatable bonds is 16. The molecule has 0 spiro atoms. The molecule has 1 atom stereocenters. The Morgan fingerprint density at radius 3 is 2.24 bits per heavy atom. The van der Waals surface area contributed by atoms with Crippen LogP contribution in [0.25, 0.3) is 0 Å². The fraction of sp³-hybridized carbons (Fsp3) is 0.414. The van der Waals surface area contributed by atoms with Crippen molar-refractivity contribution >= 4 is 23.5 Å². The van der Waals surface area contributed by atoms with Crippen LogP contribution in [0.5, 0.6) is 23.0 Å². The highest BCUT2D eigenvalue weighted by Gasteiger charge is 2.23. The number of aliphatic hydroxyl groups is 1. The SMILES string of the molecule is COCCOc1ccc(OCC(O)CNCCc2ccc(OC)c(OC)c2)c2c1NC(=O)CC2.O=C(O)/C=C\C(=O)O. The van der Waals surface area contributed by atoms with Gasteiger partial charge in [-0.1, -0.05) is 6.07 Å². The number of aliphatic carboxylic acids is 2. The van der Waals surface area contributed by atoms with Crippen molar-refractivity contribution in [3.63, 3.8) is 0 Å². The smallest absolute Gasteiger partial charge is 0.328 e. The van der Waals surface area contributed by atoms with Crippen molar-refractivity contribution in [1.82, 2.24) is 5.32 Å². The molecule has 0 fully saturated rings. The molecule has 1 amide bonds. The largest absolute Gasteiger partial charge is 0.493 e. The number of methoxy groups -OCH3 is 3. The average molecular weight is 591 g/mol. The highest BCUT2D eigenvalue weighted by Crippen LogP contribution is 2.39. The first kappa shape index (κ1) is 33.9. The molecule has 13 heteroatoms. The molecule has 0 saturated heterocycles. The third kappa shape index (κ3) is 11.6. The van der Waals surface area contributed by atoms with Gasteiger partial charge in [0.05, 0.1) is 26.5 Å². The van der Waals surface area contributed by atoms with Gasteiger partial charge in [0.2, 0.25) is 5.91 Å². The number of anilines is 1. The topological polar surface area (TPSA) is 182 Å². The molecule has 13 nitrogen and oxygen atoms in total. The standard InChI is InChI=1S/C25H34N2O7.C4H4O4/c1-30-12-13-33-22-8-7-20(19-5-9-24(29)27-25(19)22)34-16-18(28)15-26-11-10-17-4-6-21(31-2)23(14-17)32-3;5-3(6)1-2-4(7)8/h4,6-8,14,18,26,28H,5,9-13,15-16H2,1-3H3,(H,27,29);1-2H,(H,5,6)(H,7,8)/b;2-1-. The summed E-state index contributed by atoms with van der Waals surface area (Å²) in [6.07, 6.45) is 2.15. The molecular formula is C29H38N2O11. The van der Waals surface area contributed by atoms with Gasteiger partial charge in [0.1, 0.15) is 30.8 Å². The molecule has 0 aromatic heterocycles. The molecule has 2 aromatic rings. The Bertz CT molecular complexity index is 1200. The summed E-state index contributed by atoms with van der Waals surface area (Å²) in [4.78, 5) is 31.0. The molecule has 1 heterocycles. The average Bonchev–Trinajstić information content (AvgIpc) is 2.98. The number of carbonyl (C=O) groups excluding carboxylic acids is 1. The lowest BCUT2D eigenvalue weighted by molar-refractivity contribution is -0.134. The van der Waals surface area contributed by atoms with E-state index in [0.717, 1.165) is 17.5 Å². The lowest BCUT2D eigenvalue weighted by atomic mass is 10.0. The maximum absolute atomic E-state index is 11.9. The summed E-state index contributed by atoms with van der Waals surface area (Å²) < 4.78 is 27.2. The fourth-order valence-corrected chi connectivity index (χ4v) is 3.85. The quantitative estimate of drug-likeness (QED) is 0.142. The van der Waals surface area contributed by atoms with E-state index in [4.69, 9.17) is 33.9 Å². The molecule has 0 saturated carbocycles. The van der Waals surface area contributed by atoms with Crippen molar-refractivity contribution in [1.29, 1.82) is 0 Å². The molecular weight excluding hydrogens is 552 g/mol. The van der Waals surface area contributed by atoms with Crippen molar-refractivity contribution in [2.45, 2.75) is 25.4 Å². The Hall–Kier alpha value is -4.33. The lowest BCUT2D eigenvalue weighted by Gasteiger charge is -2.23. The Labute approximate surface area is 244 Å². The number of carbonyl (C=O) groups is 3. The summed E-state index contributed by atoms with van der Waals surface area (Å²) in [5.74, 6) is 0.0502. The minimum absolute atomic E-state index is 0.0556. The second-order valence-electron chi connectivity index (χ2n) is 8.92. The Morgan fingerprint density at radius 2 is 1.60 bits per heavy atom. The Morgan fingerprint density at radius 1 is 0.929 bits per heavy atom. The molecule has 0 bridgehead atoms. The number of amides is 1. The minimum Gasteiger partial charge on any atom is -0.493 e. The van der Waals surface area contributed by atoms with E-state index in [0.29, 0.717) is 80.0 Å². The van der Waals surface area contributed by atoms with Crippen LogP contribution in [-0.4, -0.2) is 93.5 Å². The Kier molecular flexibility index (Phi) is 14.7. The maximum atomic E-state index is 11.9. The van der Waals surface area contributed by atoms with E-state index < -0.39 is 18.0 Å². The summed E-state index contributed by atoms with van der Waals surface area (Å²) in [6.45, 7) is 2.05. The van der Waals surface area contributed by atoms with Crippen molar-refractivity contribution in [3.8, 4) is 23.0 Å². The van der Waals surface area contributed by atoms with Crippen LogP contribution in [0.1, 0.15) is 17.5 Å². The van der Waals surface area contributed by atoms with Gasteiger partial charge < -0.3 is 49.6 Å². The molecule has 0 aliphatic carbocycles. The minimum atomic E-state index is -1.26. The van der Waals surface area contributed by atoms with Gasteiger partial charge in [-0.2, -0.15) is 0 Å². The predicted molar refractivity (Wildman–Crippen MR) is 153 cm³/mol. The molecule has 1 aliphatic heterocycles. The number of nitrogens with one attached hydrogen (secondary N) is 2. The normalized spacial score (nSPS) is 12.8. The lowest BCUT2D eigenvalue weighted by Crippen LogP contribution is -2.32. The van der Waals surface area contributed by atoms with E-state index in [1.807, 2.05) is 24.3 Å². The number of benzene rings is 2. The monoisotopic (exact) mass is 590 g/mol. The number of ether oxygens (including phenoxy) is 5. The van der Waals surface area contributed by atoms with Gasteiger partial charge in [-0.05, 0) is 49.2 Å². The summed E-state index contributed by atoms with van der Waals surface area (Å²) in [5.41, 5.74) is 2.62. The van der Waals surface area contributed by atoms with Crippen LogP contribution in [0.2, 0.25) is 0 Å². The van der Waals surface area contributed by atoms with Crippen molar-refractivity contribution in [2.24, 2.45) is 0 Å². The van der Waals surface area contributed by atoms with Gasteiger partial charge in [0, 0.05) is 37.8 Å². The van der Waals surface area contributed by atoms with E-state index in [2.05, 4.69) is 10.6 Å². The summed E-state index contributed by atoms with van der Waals surface area (Å²) >= 11 is 0. The molecule has 2 aromatic carbocycles. The van der Waals surface area contributed by atoms with E-state index in [1.54, 1.807) is 27.4 Å². The first-order chi connectivity index (χ1) is 20.2. The molecule has 1 aliphatic rings. The number of carboxylic acid groups (broad SMARTS) is 2. The third-order valence-corrected chi connectivity index (χ3v) is 5.86. The van der Waals surface area contributed by atoms with Gasteiger partial charge in [-0.25, -0.2) is 9.59 Å². The third-order valence-electron chi connectivity index (χ3n) is 5.86. The van der Waals surface area contributed by atoms with Crippen LogP contribution in [0.4, 0.5) is 5.69 Å². The molecule has 5 N–H and O–H groups in total. The van der Waals surface area contributed by atoms with Crippen LogP contribution >= 0.6 is 0 Å². The highest BCUT2D eigenvalue weighted by atomic mass is 16.5. The van der Waals surface area contributed by atoms with Gasteiger partial charge in [0.15, 0.2) is 11.5 Å². The highest BCUT2D eigenvalue weighted by molar-refractivity contribution is 5.96. The zero-order chi connectivity index (χ0) is 30.9. The number of carboxylic acids is 2. The van der Waals surface area contributed by atoms with Gasteiger partial charge in [-0.3, -0.25) is 4.79 Å². The number of aliphatic hydroxyl groups excluding tert-OH is 1. The van der Waals surface area contributed by atoms with Crippen LogP contribution in [0, 0.1) is 0 Å². The fourth-order valence-electron chi connectivity index (χ4n) is 3.85. The van der Waals surface area contributed by atoms with Crippen LogP contribution < -0.4 is 29.6 Å². The summed E-state index contributed by atoms with van der Waals surface area (Å²) in [6, 6.07) is 9.41. The van der Waals surface area contributed by atoms with E-state index in [9.17, 15) is 19.5 Å². The van der Waals surface area contributed by atoms with Crippen LogP contribution in [0.15, 0.2) is 42.5 Å². The van der Waals surface area contributed by atoms with Crippen molar-refractivity contribution in [3.05, 3.63) is 53.6 Å². The van der Waals surface area contributed by atoms with Crippen molar-refractivity contribution < 1.29 is 53.4 Å². The van der Waals surface area contributed by atoms with Gasteiger partial charge in [-0.15, -0.1) is 0 Å². The van der Waals surface area contributed by atoms with Crippen LogP contribution in [0.3, 0.4) is 0 Å². The molecule has 42 heavy (non-hydrogen) atoms. The van der Waals surface area contributed by atoms with Crippen molar-refractivity contribution in [2.75, 3.05) is 59.6 Å². The number of hydrogen-bond donors (Lipinski definition) is 5. The van der Waals surface area contributed by atoms with E-state index in [-0.39, 0.29) is 12.5 Å².